The van der Waals surface area contributed by atoms with Gasteiger partial charge in [0.1, 0.15) is 5.52 Å². The third kappa shape index (κ3) is 0.603. The van der Waals surface area contributed by atoms with Crippen molar-refractivity contribution in [3.8, 4) is 0 Å². The molecule has 0 atom stereocenters. The van der Waals surface area contributed by atoms with Crippen LogP contribution in [0.5, 0.6) is 0 Å². The van der Waals surface area contributed by atoms with Crippen molar-refractivity contribution in [3.63, 3.8) is 0 Å². The zero-order chi connectivity index (χ0) is 6.97. The van der Waals surface area contributed by atoms with Crippen LogP contribution in [0.1, 0.15) is 0 Å². The standard InChI is InChI=1S/C7H4FN2/c8-10-7-4-2-1-3-6(7)5-9-10/h1,3-5H. The minimum atomic E-state index is 0.339. The van der Waals surface area contributed by atoms with E-state index in [0.29, 0.717) is 10.4 Å². The molecule has 0 saturated heterocycles. The predicted molar refractivity (Wildman–Crippen MR) is 35.1 cm³/mol. The van der Waals surface area contributed by atoms with Crippen molar-refractivity contribution in [3.05, 3.63) is 30.5 Å². The topological polar surface area (TPSA) is 17.8 Å². The molecule has 3 heteroatoms. The molecular weight excluding hydrogens is 131 g/mol. The lowest BCUT2D eigenvalue weighted by Crippen LogP contribution is -1.80. The van der Waals surface area contributed by atoms with Gasteiger partial charge in [0.05, 0.1) is 6.20 Å². The Labute approximate surface area is 56.8 Å². The minimum Gasteiger partial charge on any atom is -0.150 e. The fraction of sp³-hybridized carbons (Fsp3) is 0. The molecule has 2 rings (SSSR count). The zero-order valence-corrected chi connectivity index (χ0v) is 5.08. The normalized spacial score (nSPS) is 10.5. The van der Waals surface area contributed by atoms with Crippen LogP contribution in [0.15, 0.2) is 24.4 Å². The molecule has 0 aliphatic carbocycles. The third-order valence-electron chi connectivity index (χ3n) is 1.37. The quantitative estimate of drug-likeness (QED) is 0.536. The van der Waals surface area contributed by atoms with Gasteiger partial charge in [0.15, 0.2) is 0 Å². The van der Waals surface area contributed by atoms with Gasteiger partial charge in [-0.25, -0.2) is 0 Å². The van der Waals surface area contributed by atoms with Crippen LogP contribution < -0.4 is 0 Å². The number of benzene rings is 1. The van der Waals surface area contributed by atoms with Crippen LogP contribution in [0.3, 0.4) is 0 Å². The van der Waals surface area contributed by atoms with Crippen molar-refractivity contribution in [1.29, 1.82) is 0 Å². The van der Waals surface area contributed by atoms with Gasteiger partial charge < -0.3 is 0 Å². The SMILES string of the molecule is Fn1ncc2cc[c]cc21. The lowest BCUT2D eigenvalue weighted by atomic mass is 10.3. The molecule has 0 amide bonds. The van der Waals surface area contributed by atoms with Gasteiger partial charge in [-0.2, -0.15) is 0 Å². The molecular formula is C7H4FN2. The summed E-state index contributed by atoms with van der Waals surface area (Å²) in [5.41, 5.74) is 0.461. The molecule has 1 radical (unpaired) electrons. The van der Waals surface area contributed by atoms with Gasteiger partial charge in [-0.15, -0.1) is 5.10 Å². The van der Waals surface area contributed by atoms with Gasteiger partial charge in [0, 0.05) is 5.39 Å². The third-order valence-corrected chi connectivity index (χ3v) is 1.37. The van der Waals surface area contributed by atoms with E-state index in [1.165, 1.54) is 6.20 Å². The van der Waals surface area contributed by atoms with Crippen molar-refractivity contribution in [2.45, 2.75) is 0 Å². The smallest absolute Gasteiger partial charge is 0.105 e. The fourth-order valence-electron chi connectivity index (χ4n) is 0.878. The number of nitrogens with zero attached hydrogens (tertiary/aromatic N) is 2. The first-order valence-electron chi connectivity index (χ1n) is 2.88. The van der Waals surface area contributed by atoms with E-state index < -0.39 is 0 Å². The largest absolute Gasteiger partial charge is 0.150 e. The molecule has 0 bridgehead atoms. The van der Waals surface area contributed by atoms with Crippen LogP contribution >= 0.6 is 0 Å². The Morgan fingerprint density at radius 1 is 1.60 bits per heavy atom. The zero-order valence-electron chi connectivity index (χ0n) is 5.08. The Bertz CT molecular complexity index is 353. The first kappa shape index (κ1) is 5.41. The number of hydrogen-bond donors (Lipinski definition) is 0. The average molecular weight is 135 g/mol. The van der Waals surface area contributed by atoms with Crippen molar-refractivity contribution < 1.29 is 4.48 Å². The fourth-order valence-corrected chi connectivity index (χ4v) is 0.878. The van der Waals surface area contributed by atoms with E-state index >= 15 is 0 Å². The summed E-state index contributed by atoms with van der Waals surface area (Å²) in [6.07, 6.45) is 1.48. The van der Waals surface area contributed by atoms with Crippen molar-refractivity contribution in [2.75, 3.05) is 0 Å². The molecule has 0 fully saturated rings. The molecule has 0 aliphatic rings. The van der Waals surface area contributed by atoms with E-state index in [1.807, 2.05) is 0 Å². The van der Waals surface area contributed by atoms with Crippen molar-refractivity contribution in [2.24, 2.45) is 0 Å². The van der Waals surface area contributed by atoms with E-state index in [4.69, 9.17) is 0 Å². The number of halogens is 1. The first-order valence-corrected chi connectivity index (χ1v) is 2.88. The Morgan fingerprint density at radius 3 is 3.30 bits per heavy atom. The lowest BCUT2D eigenvalue weighted by Gasteiger charge is -1.85. The summed E-state index contributed by atoms with van der Waals surface area (Å²) in [6, 6.07) is 7.81. The summed E-state index contributed by atoms with van der Waals surface area (Å²) in [4.78, 5) is 0.339. The number of hydrogen-bond acceptors (Lipinski definition) is 1. The van der Waals surface area contributed by atoms with Crippen molar-refractivity contribution >= 4 is 10.9 Å². The monoisotopic (exact) mass is 135 g/mol. The van der Waals surface area contributed by atoms with Gasteiger partial charge in [0.25, 0.3) is 0 Å². The van der Waals surface area contributed by atoms with Gasteiger partial charge >= 0.3 is 0 Å². The summed E-state index contributed by atoms with van der Waals surface area (Å²) in [6.45, 7) is 0. The van der Waals surface area contributed by atoms with Crippen LogP contribution in [0, 0.1) is 6.07 Å². The summed E-state index contributed by atoms with van der Waals surface area (Å²) < 4.78 is 12.5. The summed E-state index contributed by atoms with van der Waals surface area (Å²) in [5, 5.41) is 4.22. The number of fused-ring (bicyclic) bond motifs is 1. The molecule has 1 aromatic carbocycles. The van der Waals surface area contributed by atoms with Gasteiger partial charge in [-0.3, -0.25) is 0 Å². The van der Waals surface area contributed by atoms with Crippen molar-refractivity contribution in [1.82, 2.24) is 10.0 Å². The highest BCUT2D eigenvalue weighted by atomic mass is 19.2. The maximum absolute atomic E-state index is 12.5. The van der Waals surface area contributed by atoms with Crippen LogP contribution in [0.25, 0.3) is 10.9 Å². The second kappa shape index (κ2) is 1.80. The Kier molecular flexibility index (Phi) is 0.974. The molecule has 10 heavy (non-hydrogen) atoms. The highest BCUT2D eigenvalue weighted by Crippen LogP contribution is 2.11. The van der Waals surface area contributed by atoms with E-state index in [9.17, 15) is 4.48 Å². The van der Waals surface area contributed by atoms with Gasteiger partial charge in [0.2, 0.25) is 0 Å². The van der Waals surface area contributed by atoms with Gasteiger partial charge in [-0.05, 0) is 12.1 Å². The minimum absolute atomic E-state index is 0.339. The van der Waals surface area contributed by atoms with E-state index in [0.717, 1.165) is 5.39 Å². The second-order valence-corrected chi connectivity index (χ2v) is 1.99. The maximum atomic E-state index is 12.5. The Hall–Kier alpha value is -1.38. The Morgan fingerprint density at radius 2 is 2.50 bits per heavy atom. The molecule has 0 aliphatic heterocycles. The predicted octanol–water partition coefficient (Wildman–Crippen LogP) is 1.57. The van der Waals surface area contributed by atoms with Crippen LogP contribution in [0.2, 0.25) is 0 Å². The van der Waals surface area contributed by atoms with Crippen LogP contribution in [-0.4, -0.2) is 10.0 Å². The number of aromatic nitrogens is 2. The first-order chi connectivity index (χ1) is 4.88. The molecule has 0 saturated carbocycles. The second-order valence-electron chi connectivity index (χ2n) is 1.99. The molecule has 1 heterocycles. The van der Waals surface area contributed by atoms with E-state index in [-0.39, 0.29) is 0 Å². The summed E-state index contributed by atoms with van der Waals surface area (Å²) in [7, 11) is 0. The lowest BCUT2D eigenvalue weighted by molar-refractivity contribution is 0.332. The Balaban J connectivity index is 2.93. The highest BCUT2D eigenvalue weighted by Gasteiger charge is 1.97. The van der Waals surface area contributed by atoms with Gasteiger partial charge in [-0.1, -0.05) is 21.5 Å². The van der Waals surface area contributed by atoms with Crippen LogP contribution in [0.4, 0.5) is 4.48 Å². The molecule has 49 valence electrons. The number of rotatable bonds is 0. The van der Waals surface area contributed by atoms with E-state index in [1.54, 1.807) is 18.2 Å². The molecule has 0 unspecified atom stereocenters. The molecule has 0 N–H and O–H groups in total. The maximum Gasteiger partial charge on any atom is 0.105 e. The van der Waals surface area contributed by atoms with Crippen LogP contribution in [-0.2, 0) is 0 Å². The summed E-state index contributed by atoms with van der Waals surface area (Å²) >= 11 is 0. The molecule has 1 aromatic heterocycles. The molecule has 2 aromatic rings. The van der Waals surface area contributed by atoms with E-state index in [2.05, 4.69) is 11.2 Å². The average Bonchev–Trinajstić information content (AvgIpc) is 2.34. The molecule has 0 spiro atoms. The summed E-state index contributed by atoms with van der Waals surface area (Å²) in [5.74, 6) is 0. The molecule has 2 nitrogen and oxygen atoms in total. The highest BCUT2D eigenvalue weighted by molar-refractivity contribution is 5.77.